The van der Waals surface area contributed by atoms with Crippen LogP contribution in [0.5, 0.6) is 0 Å². The van der Waals surface area contributed by atoms with E-state index in [9.17, 15) is 14.4 Å². The van der Waals surface area contributed by atoms with E-state index in [2.05, 4.69) is 4.74 Å². The third-order valence-electron chi connectivity index (χ3n) is 2.45. The molecule has 0 spiro atoms. The number of rotatable bonds is 4. The molecular formula is C10H15NO4. The molecule has 1 fully saturated rings. The zero-order chi connectivity index (χ0) is 11.4. The van der Waals surface area contributed by atoms with Crippen molar-refractivity contribution in [1.82, 2.24) is 4.90 Å². The first-order chi connectivity index (χ1) is 7.06. The first kappa shape index (κ1) is 11.7. The lowest BCUT2D eigenvalue weighted by Gasteiger charge is -2.13. The predicted molar refractivity (Wildman–Crippen MR) is 51.8 cm³/mol. The fourth-order valence-electron chi connectivity index (χ4n) is 1.59. The topological polar surface area (TPSA) is 63.7 Å². The van der Waals surface area contributed by atoms with Gasteiger partial charge in [-0.15, -0.1) is 0 Å². The van der Waals surface area contributed by atoms with E-state index in [1.165, 1.54) is 11.8 Å². The molecule has 5 heteroatoms. The van der Waals surface area contributed by atoms with E-state index < -0.39 is 5.97 Å². The van der Waals surface area contributed by atoms with Crippen molar-refractivity contribution in [2.24, 2.45) is 5.92 Å². The Morgan fingerprint density at radius 3 is 2.67 bits per heavy atom. The van der Waals surface area contributed by atoms with Gasteiger partial charge in [0.25, 0.3) is 0 Å². The Hall–Kier alpha value is -1.39. The van der Waals surface area contributed by atoms with Gasteiger partial charge in [-0.05, 0) is 6.42 Å². The minimum atomic E-state index is -0.402. The molecule has 2 amide bonds. The number of carbonyl (C=O) groups is 3. The molecule has 0 saturated carbocycles. The van der Waals surface area contributed by atoms with E-state index >= 15 is 0 Å². The lowest BCUT2D eigenvalue weighted by molar-refractivity contribution is -0.146. The molecule has 1 aliphatic heterocycles. The largest absolute Gasteiger partial charge is 0.464 e. The zero-order valence-corrected chi connectivity index (χ0v) is 8.99. The van der Waals surface area contributed by atoms with Gasteiger partial charge >= 0.3 is 5.97 Å². The highest BCUT2D eigenvalue weighted by Gasteiger charge is 2.36. The van der Waals surface area contributed by atoms with Gasteiger partial charge in [-0.25, -0.2) is 0 Å². The molecule has 0 aromatic heterocycles. The predicted octanol–water partition coefficient (Wildman–Crippen LogP) is 0.335. The average molecular weight is 213 g/mol. The molecule has 1 aliphatic rings. The molecular weight excluding hydrogens is 198 g/mol. The van der Waals surface area contributed by atoms with Gasteiger partial charge in [-0.1, -0.05) is 6.92 Å². The number of amides is 2. The molecule has 1 saturated heterocycles. The van der Waals surface area contributed by atoms with Gasteiger partial charge in [0.2, 0.25) is 11.8 Å². The normalized spacial score (nSPS) is 20.9. The second-order valence-electron chi connectivity index (χ2n) is 3.53. The van der Waals surface area contributed by atoms with Gasteiger partial charge in [0.15, 0.2) is 0 Å². The van der Waals surface area contributed by atoms with Crippen molar-refractivity contribution in [3.05, 3.63) is 0 Å². The fourth-order valence-corrected chi connectivity index (χ4v) is 1.59. The number of esters is 1. The summed E-state index contributed by atoms with van der Waals surface area (Å²) >= 11 is 0. The Morgan fingerprint density at radius 2 is 2.20 bits per heavy atom. The summed E-state index contributed by atoms with van der Waals surface area (Å²) < 4.78 is 4.68. The van der Waals surface area contributed by atoms with E-state index in [-0.39, 0.29) is 37.3 Å². The number of imide groups is 1. The average Bonchev–Trinajstić information content (AvgIpc) is 2.44. The van der Waals surface area contributed by atoms with Crippen LogP contribution in [-0.2, 0) is 19.1 Å². The standard InChI is InChI=1S/C10H15NO4/c1-3-8-6-9(13)11(10(8)14)4-5-15-7(2)12/h8H,3-6H2,1-2H3. The molecule has 0 aromatic carbocycles. The Labute approximate surface area is 88.4 Å². The van der Waals surface area contributed by atoms with Gasteiger partial charge in [-0.2, -0.15) is 0 Å². The second-order valence-corrected chi connectivity index (χ2v) is 3.53. The van der Waals surface area contributed by atoms with Crippen LogP contribution in [-0.4, -0.2) is 35.8 Å². The van der Waals surface area contributed by atoms with E-state index in [4.69, 9.17) is 0 Å². The van der Waals surface area contributed by atoms with Crippen molar-refractivity contribution in [2.45, 2.75) is 26.7 Å². The first-order valence-electron chi connectivity index (χ1n) is 5.03. The summed E-state index contributed by atoms with van der Waals surface area (Å²) in [5.41, 5.74) is 0. The maximum absolute atomic E-state index is 11.6. The molecule has 1 unspecified atom stereocenters. The maximum Gasteiger partial charge on any atom is 0.302 e. The van der Waals surface area contributed by atoms with Crippen LogP contribution in [0, 0.1) is 5.92 Å². The number of likely N-dealkylation sites (tertiary alicyclic amines) is 1. The molecule has 1 atom stereocenters. The molecule has 0 aliphatic carbocycles. The van der Waals surface area contributed by atoms with Gasteiger partial charge in [0.1, 0.15) is 6.61 Å². The van der Waals surface area contributed by atoms with E-state index in [1.54, 1.807) is 0 Å². The van der Waals surface area contributed by atoms with Crippen molar-refractivity contribution in [3.63, 3.8) is 0 Å². The van der Waals surface area contributed by atoms with E-state index in [0.717, 1.165) is 0 Å². The van der Waals surface area contributed by atoms with Crippen LogP contribution >= 0.6 is 0 Å². The SMILES string of the molecule is CCC1CC(=O)N(CCOC(C)=O)C1=O. The smallest absolute Gasteiger partial charge is 0.302 e. The minimum absolute atomic E-state index is 0.0866. The van der Waals surface area contributed by atoms with Crippen LogP contribution in [0.25, 0.3) is 0 Å². The number of hydrogen-bond acceptors (Lipinski definition) is 4. The molecule has 84 valence electrons. The number of ether oxygens (including phenoxy) is 1. The quantitative estimate of drug-likeness (QED) is 0.499. The lowest BCUT2D eigenvalue weighted by Crippen LogP contribution is -2.34. The van der Waals surface area contributed by atoms with Crippen LogP contribution in [0.2, 0.25) is 0 Å². The lowest BCUT2D eigenvalue weighted by atomic mass is 10.1. The van der Waals surface area contributed by atoms with Gasteiger partial charge < -0.3 is 4.74 Å². The summed E-state index contributed by atoms with van der Waals surface area (Å²) in [4.78, 5) is 34.6. The monoisotopic (exact) mass is 213 g/mol. The zero-order valence-electron chi connectivity index (χ0n) is 8.99. The van der Waals surface area contributed by atoms with Crippen molar-refractivity contribution >= 4 is 17.8 Å². The number of nitrogens with zero attached hydrogens (tertiary/aromatic N) is 1. The molecule has 0 N–H and O–H groups in total. The van der Waals surface area contributed by atoms with Crippen LogP contribution < -0.4 is 0 Å². The van der Waals surface area contributed by atoms with Crippen LogP contribution in [0.3, 0.4) is 0 Å². The molecule has 5 nitrogen and oxygen atoms in total. The Kier molecular flexibility index (Phi) is 3.82. The Bertz CT molecular complexity index is 287. The summed E-state index contributed by atoms with van der Waals surface area (Å²) in [5, 5.41) is 0. The second kappa shape index (κ2) is 4.91. The maximum atomic E-state index is 11.6. The van der Waals surface area contributed by atoms with E-state index in [1.807, 2.05) is 6.92 Å². The van der Waals surface area contributed by atoms with Gasteiger partial charge in [0.05, 0.1) is 6.54 Å². The molecule has 1 rings (SSSR count). The molecule has 1 heterocycles. The highest BCUT2D eigenvalue weighted by atomic mass is 16.5. The third kappa shape index (κ3) is 2.78. The molecule has 15 heavy (non-hydrogen) atoms. The van der Waals surface area contributed by atoms with E-state index in [0.29, 0.717) is 6.42 Å². The summed E-state index contributed by atoms with van der Waals surface area (Å²) in [5.74, 6) is -0.899. The summed E-state index contributed by atoms with van der Waals surface area (Å²) in [6, 6.07) is 0. The summed E-state index contributed by atoms with van der Waals surface area (Å²) in [7, 11) is 0. The Balaban J connectivity index is 2.44. The number of hydrogen-bond donors (Lipinski definition) is 0. The number of carbonyl (C=O) groups excluding carboxylic acids is 3. The Morgan fingerprint density at radius 1 is 1.53 bits per heavy atom. The third-order valence-corrected chi connectivity index (χ3v) is 2.45. The van der Waals surface area contributed by atoms with Crippen molar-refractivity contribution in [3.8, 4) is 0 Å². The van der Waals surface area contributed by atoms with Crippen LogP contribution in [0.15, 0.2) is 0 Å². The van der Waals surface area contributed by atoms with Crippen LogP contribution in [0.1, 0.15) is 26.7 Å². The molecule has 0 bridgehead atoms. The van der Waals surface area contributed by atoms with Crippen molar-refractivity contribution in [2.75, 3.05) is 13.2 Å². The first-order valence-corrected chi connectivity index (χ1v) is 5.03. The highest BCUT2D eigenvalue weighted by Crippen LogP contribution is 2.21. The summed E-state index contributed by atoms with van der Waals surface area (Å²) in [6.07, 6.45) is 0.962. The van der Waals surface area contributed by atoms with Gasteiger partial charge in [0, 0.05) is 19.3 Å². The van der Waals surface area contributed by atoms with Crippen LogP contribution in [0.4, 0.5) is 0 Å². The van der Waals surface area contributed by atoms with Gasteiger partial charge in [-0.3, -0.25) is 19.3 Å². The van der Waals surface area contributed by atoms with Crippen molar-refractivity contribution < 1.29 is 19.1 Å². The van der Waals surface area contributed by atoms with Crippen molar-refractivity contribution in [1.29, 1.82) is 0 Å². The highest BCUT2D eigenvalue weighted by molar-refractivity contribution is 6.03. The fraction of sp³-hybridized carbons (Fsp3) is 0.700. The molecule has 0 radical (unpaired) electrons. The molecule has 0 aromatic rings. The summed E-state index contributed by atoms with van der Waals surface area (Å²) in [6.45, 7) is 3.44. The minimum Gasteiger partial charge on any atom is -0.464 e.